The van der Waals surface area contributed by atoms with Gasteiger partial charge in [-0.2, -0.15) is 0 Å². The molecule has 120 valence electrons. The average molecular weight is 329 g/mol. The molecule has 1 saturated carbocycles. The van der Waals surface area contributed by atoms with E-state index in [-0.39, 0.29) is 17.9 Å². The van der Waals surface area contributed by atoms with Crippen LogP contribution in [0.2, 0.25) is 0 Å². The van der Waals surface area contributed by atoms with Gasteiger partial charge in [-0.05, 0) is 24.8 Å². The van der Waals surface area contributed by atoms with Gasteiger partial charge in [0.2, 0.25) is 5.91 Å². The Hall–Kier alpha value is -1.95. The maximum absolute atomic E-state index is 12.9. The Labute approximate surface area is 138 Å². The molecule has 0 radical (unpaired) electrons. The van der Waals surface area contributed by atoms with E-state index in [1.807, 2.05) is 24.3 Å². The highest BCUT2D eigenvalue weighted by Crippen LogP contribution is 2.29. The van der Waals surface area contributed by atoms with Gasteiger partial charge >= 0.3 is 0 Å². The molecule has 1 atom stereocenters. The fraction of sp³-hybridized carbons (Fsp3) is 0.412. The minimum atomic E-state index is -0.361. The standard InChI is InChI=1S/C17H19N3O2S/c21-16(19-7-11-5-6-11)15-9-23-10-20(15)17(22)13-8-18-14-4-2-1-3-12(13)14/h1-4,8,11,15,18H,5-7,9-10H2,(H,19,21). The summed E-state index contributed by atoms with van der Waals surface area (Å²) in [5, 5.41) is 3.91. The number of aromatic nitrogens is 1. The number of benzene rings is 1. The van der Waals surface area contributed by atoms with Crippen molar-refractivity contribution in [1.82, 2.24) is 15.2 Å². The molecule has 2 N–H and O–H groups in total. The van der Waals surface area contributed by atoms with Gasteiger partial charge in [0.05, 0.1) is 11.4 Å². The zero-order valence-electron chi connectivity index (χ0n) is 12.7. The molecule has 1 aliphatic carbocycles. The van der Waals surface area contributed by atoms with E-state index in [0.717, 1.165) is 17.4 Å². The molecule has 0 spiro atoms. The molecular formula is C17H19N3O2S. The maximum atomic E-state index is 12.9. The third-order valence-electron chi connectivity index (χ3n) is 4.53. The summed E-state index contributed by atoms with van der Waals surface area (Å²) in [5.41, 5.74) is 1.58. The summed E-state index contributed by atoms with van der Waals surface area (Å²) in [5.74, 6) is 1.80. The third kappa shape index (κ3) is 2.83. The predicted molar refractivity (Wildman–Crippen MR) is 91.3 cm³/mol. The Morgan fingerprint density at radius 2 is 2.13 bits per heavy atom. The van der Waals surface area contributed by atoms with Gasteiger partial charge in [0.25, 0.3) is 5.91 Å². The number of H-pyrrole nitrogens is 1. The number of para-hydroxylation sites is 1. The number of hydrogen-bond acceptors (Lipinski definition) is 3. The quantitative estimate of drug-likeness (QED) is 0.904. The average Bonchev–Trinajstić information content (AvgIpc) is 3.11. The lowest BCUT2D eigenvalue weighted by atomic mass is 10.1. The number of amides is 2. The number of thioether (sulfide) groups is 1. The lowest BCUT2D eigenvalue weighted by molar-refractivity contribution is -0.124. The summed E-state index contributed by atoms with van der Waals surface area (Å²) in [4.78, 5) is 30.1. The fourth-order valence-corrected chi connectivity index (χ4v) is 4.10. The zero-order chi connectivity index (χ0) is 15.8. The van der Waals surface area contributed by atoms with Crippen molar-refractivity contribution in [3.05, 3.63) is 36.0 Å². The van der Waals surface area contributed by atoms with Gasteiger partial charge in [0.15, 0.2) is 0 Å². The number of rotatable bonds is 4. The van der Waals surface area contributed by atoms with E-state index in [0.29, 0.717) is 23.1 Å². The van der Waals surface area contributed by atoms with Crippen molar-refractivity contribution >= 4 is 34.5 Å². The summed E-state index contributed by atoms with van der Waals surface area (Å²) >= 11 is 1.63. The van der Waals surface area contributed by atoms with E-state index in [1.54, 1.807) is 22.9 Å². The Kier molecular flexibility index (Phi) is 3.77. The SMILES string of the molecule is O=C(NCC1CC1)C1CSCN1C(=O)c1c[nH]c2ccccc12. The Morgan fingerprint density at radius 1 is 1.30 bits per heavy atom. The number of nitrogens with zero attached hydrogens (tertiary/aromatic N) is 1. The molecule has 2 amide bonds. The molecule has 0 bridgehead atoms. The monoisotopic (exact) mass is 329 g/mol. The molecule has 4 rings (SSSR count). The molecule has 1 aliphatic heterocycles. The van der Waals surface area contributed by atoms with Crippen LogP contribution in [0.4, 0.5) is 0 Å². The highest BCUT2D eigenvalue weighted by Gasteiger charge is 2.36. The van der Waals surface area contributed by atoms with E-state index in [9.17, 15) is 9.59 Å². The van der Waals surface area contributed by atoms with Gasteiger partial charge in [0.1, 0.15) is 6.04 Å². The van der Waals surface area contributed by atoms with E-state index in [2.05, 4.69) is 10.3 Å². The van der Waals surface area contributed by atoms with Crippen molar-refractivity contribution in [2.75, 3.05) is 18.2 Å². The van der Waals surface area contributed by atoms with E-state index < -0.39 is 0 Å². The maximum Gasteiger partial charge on any atom is 0.257 e. The first-order valence-corrected chi connectivity index (χ1v) is 9.12. The number of hydrogen-bond donors (Lipinski definition) is 2. The molecule has 1 saturated heterocycles. The van der Waals surface area contributed by atoms with Gasteiger partial charge in [-0.1, -0.05) is 18.2 Å². The van der Waals surface area contributed by atoms with Gasteiger partial charge in [0, 0.05) is 29.4 Å². The second-order valence-electron chi connectivity index (χ2n) is 6.23. The van der Waals surface area contributed by atoms with Gasteiger partial charge in [-0.25, -0.2) is 0 Å². The van der Waals surface area contributed by atoms with Crippen LogP contribution in [0.3, 0.4) is 0 Å². The fourth-order valence-electron chi connectivity index (χ4n) is 2.95. The van der Waals surface area contributed by atoms with Crippen LogP contribution in [0, 0.1) is 5.92 Å². The minimum absolute atomic E-state index is 0.0184. The predicted octanol–water partition coefficient (Wildman–Crippen LogP) is 2.21. The largest absolute Gasteiger partial charge is 0.360 e. The molecule has 1 aromatic heterocycles. The first-order valence-electron chi connectivity index (χ1n) is 7.96. The van der Waals surface area contributed by atoms with Crippen LogP contribution in [0.5, 0.6) is 0 Å². The van der Waals surface area contributed by atoms with Crippen LogP contribution in [0.25, 0.3) is 10.9 Å². The van der Waals surface area contributed by atoms with Crippen LogP contribution in [-0.2, 0) is 4.79 Å². The second-order valence-corrected chi connectivity index (χ2v) is 7.23. The molecule has 1 unspecified atom stereocenters. The van der Waals surface area contributed by atoms with Crippen molar-refractivity contribution in [2.24, 2.45) is 5.92 Å². The van der Waals surface area contributed by atoms with Gasteiger partial charge in [-0.15, -0.1) is 11.8 Å². The Bertz CT molecular complexity index is 753. The number of fused-ring (bicyclic) bond motifs is 1. The van der Waals surface area contributed by atoms with Crippen LogP contribution in [-0.4, -0.2) is 45.9 Å². The normalized spacial score (nSPS) is 20.9. The van der Waals surface area contributed by atoms with E-state index >= 15 is 0 Å². The molecule has 1 aromatic carbocycles. The molecule has 5 nitrogen and oxygen atoms in total. The number of aromatic amines is 1. The van der Waals surface area contributed by atoms with Crippen LogP contribution >= 0.6 is 11.8 Å². The summed E-state index contributed by atoms with van der Waals surface area (Å²) in [6.45, 7) is 0.745. The highest BCUT2D eigenvalue weighted by atomic mass is 32.2. The summed E-state index contributed by atoms with van der Waals surface area (Å²) in [6, 6.07) is 7.38. The van der Waals surface area contributed by atoms with E-state index in [4.69, 9.17) is 0 Å². The molecular weight excluding hydrogens is 310 g/mol. The third-order valence-corrected chi connectivity index (χ3v) is 5.54. The van der Waals surface area contributed by atoms with Crippen molar-refractivity contribution in [1.29, 1.82) is 0 Å². The topological polar surface area (TPSA) is 65.2 Å². The summed E-state index contributed by atoms with van der Waals surface area (Å²) in [6.07, 6.45) is 4.16. The minimum Gasteiger partial charge on any atom is -0.360 e. The van der Waals surface area contributed by atoms with Crippen molar-refractivity contribution in [2.45, 2.75) is 18.9 Å². The van der Waals surface area contributed by atoms with Crippen LogP contribution in [0.15, 0.2) is 30.5 Å². The van der Waals surface area contributed by atoms with Gasteiger partial charge < -0.3 is 15.2 Å². The lowest BCUT2D eigenvalue weighted by Gasteiger charge is -2.23. The smallest absolute Gasteiger partial charge is 0.257 e. The number of carbonyl (C=O) groups is 2. The number of nitrogens with one attached hydrogen (secondary N) is 2. The van der Waals surface area contributed by atoms with Crippen molar-refractivity contribution in [3.63, 3.8) is 0 Å². The molecule has 2 fully saturated rings. The Morgan fingerprint density at radius 3 is 2.96 bits per heavy atom. The lowest BCUT2D eigenvalue weighted by Crippen LogP contribution is -2.47. The highest BCUT2D eigenvalue weighted by molar-refractivity contribution is 7.99. The zero-order valence-corrected chi connectivity index (χ0v) is 13.6. The molecule has 2 aliphatic rings. The molecule has 23 heavy (non-hydrogen) atoms. The summed E-state index contributed by atoms with van der Waals surface area (Å²) < 4.78 is 0. The Balaban J connectivity index is 1.53. The van der Waals surface area contributed by atoms with E-state index in [1.165, 1.54) is 12.8 Å². The second kappa shape index (κ2) is 5.92. The van der Waals surface area contributed by atoms with Crippen LogP contribution in [0.1, 0.15) is 23.2 Å². The molecule has 2 aromatic rings. The molecule has 2 heterocycles. The first kappa shape index (κ1) is 14.6. The van der Waals surface area contributed by atoms with Crippen molar-refractivity contribution in [3.8, 4) is 0 Å². The first-order chi connectivity index (χ1) is 11.2. The van der Waals surface area contributed by atoms with Gasteiger partial charge in [-0.3, -0.25) is 9.59 Å². The number of carbonyl (C=O) groups excluding carboxylic acids is 2. The van der Waals surface area contributed by atoms with Crippen molar-refractivity contribution < 1.29 is 9.59 Å². The molecule has 6 heteroatoms. The van der Waals surface area contributed by atoms with Crippen LogP contribution < -0.4 is 5.32 Å². The summed E-state index contributed by atoms with van der Waals surface area (Å²) in [7, 11) is 0.